The molecule has 0 saturated carbocycles. The van der Waals surface area contributed by atoms with Crippen molar-refractivity contribution in [2.45, 2.75) is 462 Å². The Morgan fingerprint density at radius 1 is 0.319 bits per heavy atom. The summed E-state index contributed by atoms with van der Waals surface area (Å²) < 4.78 is 55.6. The molecular formula is C110H200N4O24. The van der Waals surface area contributed by atoms with Crippen LogP contribution < -0.4 is 10.6 Å². The van der Waals surface area contributed by atoms with Gasteiger partial charge in [-0.2, -0.15) is 0 Å². The van der Waals surface area contributed by atoms with Crippen LogP contribution in [0, 0.1) is 45.8 Å². The largest absolute Gasteiger partial charge is 0.481 e. The van der Waals surface area contributed by atoms with Gasteiger partial charge in [0, 0.05) is 82.5 Å². The third kappa shape index (κ3) is 67.9. The monoisotopic (exact) mass is 1960 g/mol. The lowest BCUT2D eigenvalue weighted by atomic mass is 9.57. The van der Waals surface area contributed by atoms with Crippen LogP contribution in [0.1, 0.15) is 455 Å². The number of hydrogen-bond acceptors (Lipinski definition) is 24. The lowest BCUT2D eigenvalue weighted by Gasteiger charge is -2.46. The summed E-state index contributed by atoms with van der Waals surface area (Å²) in [7, 11) is 0. The normalized spacial score (nSPS) is 14.9. The molecule has 4 N–H and O–H groups in total. The zero-order chi connectivity index (χ0) is 102. The van der Waals surface area contributed by atoms with Crippen molar-refractivity contribution in [2.75, 3.05) is 125 Å². The van der Waals surface area contributed by atoms with Gasteiger partial charge in [-0.1, -0.05) is 353 Å². The van der Waals surface area contributed by atoms with Crippen molar-refractivity contribution in [3.8, 4) is 0 Å². The molecule has 2 amide bonds. The highest BCUT2D eigenvalue weighted by Crippen LogP contribution is 2.50. The lowest BCUT2D eigenvalue weighted by molar-refractivity contribution is -0.171. The minimum absolute atomic E-state index is 0.0228. The Bertz CT molecular complexity index is 3160. The van der Waals surface area contributed by atoms with Crippen molar-refractivity contribution in [2.24, 2.45) is 45.8 Å². The van der Waals surface area contributed by atoms with Crippen molar-refractivity contribution >= 4 is 71.5 Å². The van der Waals surface area contributed by atoms with E-state index in [0.29, 0.717) is 52.0 Å². The van der Waals surface area contributed by atoms with E-state index in [4.69, 9.17) is 47.4 Å². The average molecular weight is 1960 g/mol. The van der Waals surface area contributed by atoms with Gasteiger partial charge in [-0.05, 0) is 81.5 Å². The second kappa shape index (κ2) is 84.9. The quantitative estimate of drug-likeness (QED) is 0.0190. The number of hydrogen-bond donors (Lipinski definition) is 4. The third-order valence-electron chi connectivity index (χ3n) is 27.2. The van der Waals surface area contributed by atoms with Gasteiger partial charge in [0.1, 0.15) is 32.7 Å². The van der Waals surface area contributed by atoms with E-state index in [0.717, 1.165) is 225 Å². The van der Waals surface area contributed by atoms with Gasteiger partial charge in [-0.25, -0.2) is 0 Å². The number of aliphatic carboxylic acids is 2. The Morgan fingerprint density at radius 3 is 0.949 bits per heavy atom. The van der Waals surface area contributed by atoms with Crippen LogP contribution in [0.5, 0.6) is 0 Å². The summed E-state index contributed by atoms with van der Waals surface area (Å²) in [4.78, 5) is 163. The molecular weight excluding hydrogens is 1760 g/mol. The van der Waals surface area contributed by atoms with Crippen molar-refractivity contribution in [1.29, 1.82) is 0 Å². The molecule has 0 aromatic carbocycles. The number of unbranched alkanes of at least 4 members (excludes halogenated alkanes) is 32. The van der Waals surface area contributed by atoms with Crippen molar-refractivity contribution in [1.82, 2.24) is 20.4 Å². The van der Waals surface area contributed by atoms with Gasteiger partial charge in [0.15, 0.2) is 6.10 Å². The number of nitrogens with one attached hydrogen (secondary N) is 2. The molecule has 0 radical (unpaired) electrons. The molecule has 28 heteroatoms. The standard InChI is InChI=1S/2C55H100N2O12/c1-7-11-15-19-21-25-30-46(28-23-17-13-9-3)43-66-48(58)32-27-33-50(60)69-53(54(63)56-35-34-49(59)65-41-38-57-36-39-64-40-37-57)55(5,6)45-68-52(62)42-51(61)67-44-47(29-24-18-14-10-4)31-26-22-20-16-12-8-2;1-7-11-15-19-21-25-28-45(27-23-17-13-9-3)42-55(53(64)65,33-31-47(58)59)51(52(63)56-34-32-48(60)67-40-37-57-35-38-66-39-36-57)54(5,6)44-69-50(62)41-49(61)68-43-46(29-24-18-14-10-4)30-26-22-20-16-12-8-2/h46-47,53H,7-45H2,1-6H3,(H,56,63);45-46,51H,7-44H2,1-6H3,(H,56,63)(H,58,59)(H,64,65). The molecule has 2 heterocycles. The first-order chi connectivity index (χ1) is 66.5. The molecule has 7 atom stereocenters. The number of carbonyl (C=O) groups excluding carboxylic acids is 10. The van der Waals surface area contributed by atoms with Crippen molar-refractivity contribution in [3.63, 3.8) is 0 Å². The van der Waals surface area contributed by atoms with Crippen LogP contribution in [0.15, 0.2) is 0 Å². The minimum atomic E-state index is -1.88. The smallest absolute Gasteiger partial charge is 0.317 e. The molecule has 28 nitrogen and oxygen atoms in total. The number of carbonyl (C=O) groups is 12. The Hall–Kier alpha value is -6.52. The summed E-state index contributed by atoms with van der Waals surface area (Å²) in [5, 5.41) is 26.9. The fourth-order valence-corrected chi connectivity index (χ4v) is 18.6. The van der Waals surface area contributed by atoms with Gasteiger partial charge in [-0.15, -0.1) is 0 Å². The maximum atomic E-state index is 14.7. The van der Waals surface area contributed by atoms with Gasteiger partial charge in [0.25, 0.3) is 5.91 Å². The van der Waals surface area contributed by atoms with Crippen LogP contribution in [0.2, 0.25) is 0 Å². The van der Waals surface area contributed by atoms with E-state index in [1.807, 2.05) is 0 Å². The highest BCUT2D eigenvalue weighted by Gasteiger charge is 2.57. The molecule has 0 aromatic rings. The van der Waals surface area contributed by atoms with Gasteiger partial charge in [0.2, 0.25) is 5.91 Å². The first kappa shape index (κ1) is 129. The second-order valence-electron chi connectivity index (χ2n) is 40.9. The van der Waals surface area contributed by atoms with Crippen LogP contribution in [-0.2, 0) is 105 Å². The van der Waals surface area contributed by atoms with E-state index in [2.05, 4.69) is 75.8 Å². The highest BCUT2D eigenvalue weighted by molar-refractivity contribution is 5.92. The van der Waals surface area contributed by atoms with Crippen LogP contribution in [-0.4, -0.2) is 223 Å². The van der Waals surface area contributed by atoms with Gasteiger partial charge < -0.3 is 68.2 Å². The Kier molecular flexibility index (Phi) is 79.7. The molecule has 2 aliphatic rings. The summed E-state index contributed by atoms with van der Waals surface area (Å²) >= 11 is 0. The van der Waals surface area contributed by atoms with E-state index < -0.39 is 120 Å². The van der Waals surface area contributed by atoms with E-state index in [1.54, 1.807) is 27.7 Å². The van der Waals surface area contributed by atoms with E-state index in [9.17, 15) is 67.7 Å². The molecule has 0 bridgehead atoms. The summed E-state index contributed by atoms with van der Waals surface area (Å²) in [6.07, 6.45) is 49.2. The Balaban J connectivity index is 0.00000138. The molecule has 2 fully saturated rings. The average Bonchev–Trinajstić information content (AvgIpc) is 0.759. The fraction of sp³-hybridized carbons (Fsp3) is 0.891. The lowest BCUT2D eigenvalue weighted by Crippen LogP contribution is -2.55. The Labute approximate surface area is 835 Å². The predicted octanol–water partition coefficient (Wildman–Crippen LogP) is 22.7. The molecule has 2 aliphatic heterocycles. The summed E-state index contributed by atoms with van der Waals surface area (Å²) in [6.45, 7) is 30.9. The molecule has 804 valence electrons. The SMILES string of the molecule is CCCCCCCCC(CCCCCC)COC(=O)CC(=O)OCC(C)(C)C(C(=O)NCCC(=O)OCCN1CCOCC1)C(CCC(=O)O)(CC(CCCCCC)CCCCCCCC)C(=O)O.CCCCCCCCC(CCCCCC)COC(=O)CCCC(=O)OC(C(=O)NCCC(=O)OCCN1CCOCC1)C(C)(C)COC(=O)CC(=O)OCC(CCCCCC)CCCCCCCC. The molecule has 0 spiro atoms. The van der Waals surface area contributed by atoms with Crippen LogP contribution in [0.25, 0.3) is 0 Å². The first-order valence-corrected chi connectivity index (χ1v) is 55.4. The molecule has 0 aromatic heterocycles. The predicted molar refractivity (Wildman–Crippen MR) is 543 cm³/mol. The van der Waals surface area contributed by atoms with E-state index in [1.165, 1.54) is 109 Å². The maximum Gasteiger partial charge on any atom is 0.317 e. The number of carboxylic acid groups (broad SMARTS) is 2. The summed E-state index contributed by atoms with van der Waals surface area (Å²) in [6, 6.07) is 0. The first-order valence-electron chi connectivity index (χ1n) is 55.4. The summed E-state index contributed by atoms with van der Waals surface area (Å²) in [5.74, 6) is -9.73. The zero-order valence-corrected chi connectivity index (χ0v) is 89.2. The zero-order valence-electron chi connectivity index (χ0n) is 89.2. The highest BCUT2D eigenvalue weighted by atomic mass is 16.6. The number of ether oxygens (including phenoxy) is 10. The van der Waals surface area contributed by atoms with Crippen molar-refractivity contribution in [3.05, 3.63) is 0 Å². The number of esters is 8. The fourth-order valence-electron chi connectivity index (χ4n) is 18.6. The number of rotatable bonds is 90. The van der Waals surface area contributed by atoms with Gasteiger partial charge in [0.05, 0.1) is 77.0 Å². The summed E-state index contributed by atoms with van der Waals surface area (Å²) in [5.41, 5.74) is -4.50. The van der Waals surface area contributed by atoms with Crippen molar-refractivity contribution < 1.29 is 115 Å². The molecule has 138 heavy (non-hydrogen) atoms. The number of morpholine rings is 2. The maximum absolute atomic E-state index is 14.7. The van der Waals surface area contributed by atoms with Gasteiger partial charge >= 0.3 is 59.7 Å². The topological polar surface area (TPSA) is 368 Å². The molecule has 0 aliphatic carbocycles. The van der Waals surface area contributed by atoms with Gasteiger partial charge in [-0.3, -0.25) is 67.3 Å². The minimum Gasteiger partial charge on any atom is -0.481 e. The number of carboxylic acids is 2. The third-order valence-corrected chi connectivity index (χ3v) is 27.2. The van der Waals surface area contributed by atoms with Crippen LogP contribution >= 0.6 is 0 Å². The number of amides is 2. The molecule has 2 saturated heterocycles. The molecule has 7 unspecified atom stereocenters. The van der Waals surface area contributed by atoms with Crippen LogP contribution in [0.3, 0.4) is 0 Å². The van der Waals surface area contributed by atoms with Crippen LogP contribution in [0.4, 0.5) is 0 Å². The van der Waals surface area contributed by atoms with E-state index >= 15 is 0 Å². The second-order valence-corrected chi connectivity index (χ2v) is 40.9. The number of nitrogens with zero attached hydrogens (tertiary/aromatic N) is 2. The van der Waals surface area contributed by atoms with E-state index in [-0.39, 0.29) is 115 Å². The Morgan fingerprint density at radius 2 is 0.609 bits per heavy atom. The molecule has 2 rings (SSSR count).